The molecule has 1 aliphatic rings. The van der Waals surface area contributed by atoms with Crippen molar-refractivity contribution in [2.75, 3.05) is 13.2 Å². The molecule has 2 aromatic rings. The SMILES string of the molecule is Cc1cnn(CCC(=O)N[C@H](c2nc(C(C)C)no2)C2CCOCC2)c1. The molecule has 0 aromatic carbocycles. The lowest BCUT2D eigenvalue weighted by atomic mass is 9.91. The van der Waals surface area contributed by atoms with Crippen LogP contribution in [-0.4, -0.2) is 39.0 Å². The molecular formula is C18H27N5O3. The molecule has 0 radical (unpaired) electrons. The van der Waals surface area contributed by atoms with E-state index in [0.29, 0.717) is 37.9 Å². The monoisotopic (exact) mass is 361 g/mol. The molecule has 3 heterocycles. The first-order valence-corrected chi connectivity index (χ1v) is 9.22. The van der Waals surface area contributed by atoms with Gasteiger partial charge in [-0.1, -0.05) is 19.0 Å². The van der Waals surface area contributed by atoms with Gasteiger partial charge in [0, 0.05) is 38.3 Å². The second-order valence-electron chi connectivity index (χ2n) is 7.17. The Balaban J connectivity index is 1.66. The number of aromatic nitrogens is 4. The summed E-state index contributed by atoms with van der Waals surface area (Å²) in [6.45, 7) is 7.93. The lowest BCUT2D eigenvalue weighted by Crippen LogP contribution is -2.36. The van der Waals surface area contributed by atoms with Gasteiger partial charge >= 0.3 is 0 Å². The number of hydrogen-bond donors (Lipinski definition) is 1. The van der Waals surface area contributed by atoms with Crippen LogP contribution in [0.25, 0.3) is 0 Å². The van der Waals surface area contributed by atoms with E-state index < -0.39 is 0 Å². The summed E-state index contributed by atoms with van der Waals surface area (Å²) in [6, 6.07) is -0.272. The van der Waals surface area contributed by atoms with Crippen molar-refractivity contribution in [1.82, 2.24) is 25.2 Å². The maximum atomic E-state index is 12.5. The maximum absolute atomic E-state index is 12.5. The topological polar surface area (TPSA) is 95.1 Å². The number of nitrogens with one attached hydrogen (secondary N) is 1. The van der Waals surface area contributed by atoms with E-state index in [1.807, 2.05) is 27.0 Å². The zero-order valence-electron chi connectivity index (χ0n) is 15.6. The van der Waals surface area contributed by atoms with Gasteiger partial charge in [-0.2, -0.15) is 10.1 Å². The number of ether oxygens (including phenoxy) is 1. The summed E-state index contributed by atoms with van der Waals surface area (Å²) in [5.41, 5.74) is 1.08. The number of carbonyl (C=O) groups is 1. The molecule has 0 spiro atoms. The largest absolute Gasteiger partial charge is 0.381 e. The van der Waals surface area contributed by atoms with E-state index in [0.717, 1.165) is 18.4 Å². The maximum Gasteiger partial charge on any atom is 0.249 e. The molecule has 1 saturated heterocycles. The summed E-state index contributed by atoms with van der Waals surface area (Å²) in [5, 5.41) is 11.4. The lowest BCUT2D eigenvalue weighted by Gasteiger charge is -2.28. The Morgan fingerprint density at radius 1 is 1.38 bits per heavy atom. The van der Waals surface area contributed by atoms with Crippen LogP contribution in [0, 0.1) is 12.8 Å². The summed E-state index contributed by atoms with van der Waals surface area (Å²) in [4.78, 5) is 17.0. The highest BCUT2D eigenvalue weighted by atomic mass is 16.5. The van der Waals surface area contributed by atoms with Gasteiger partial charge in [0.15, 0.2) is 5.82 Å². The Morgan fingerprint density at radius 3 is 2.77 bits per heavy atom. The molecular weight excluding hydrogens is 334 g/mol. The van der Waals surface area contributed by atoms with Gasteiger partial charge < -0.3 is 14.6 Å². The van der Waals surface area contributed by atoms with Crippen molar-refractivity contribution in [3.63, 3.8) is 0 Å². The molecule has 2 aromatic heterocycles. The van der Waals surface area contributed by atoms with Crippen LogP contribution in [0.2, 0.25) is 0 Å². The summed E-state index contributed by atoms with van der Waals surface area (Å²) in [5.74, 6) is 1.53. The second kappa shape index (κ2) is 8.44. The molecule has 1 aliphatic heterocycles. The van der Waals surface area contributed by atoms with Crippen molar-refractivity contribution >= 4 is 5.91 Å². The minimum absolute atomic E-state index is 0.0426. The fourth-order valence-electron chi connectivity index (χ4n) is 3.09. The van der Waals surface area contributed by atoms with Crippen molar-refractivity contribution in [1.29, 1.82) is 0 Å². The minimum Gasteiger partial charge on any atom is -0.381 e. The van der Waals surface area contributed by atoms with Crippen molar-refractivity contribution in [2.45, 2.75) is 58.5 Å². The smallest absolute Gasteiger partial charge is 0.249 e. The first-order chi connectivity index (χ1) is 12.5. The first-order valence-electron chi connectivity index (χ1n) is 9.22. The quantitative estimate of drug-likeness (QED) is 0.813. The number of amides is 1. The molecule has 3 rings (SSSR count). The Morgan fingerprint density at radius 2 is 2.15 bits per heavy atom. The van der Waals surface area contributed by atoms with Crippen molar-refractivity contribution in [3.05, 3.63) is 29.7 Å². The molecule has 1 fully saturated rings. The minimum atomic E-state index is -0.272. The van der Waals surface area contributed by atoms with E-state index in [1.165, 1.54) is 0 Å². The third-order valence-electron chi connectivity index (χ3n) is 4.62. The molecule has 0 bridgehead atoms. The Kier molecular flexibility index (Phi) is 6.03. The van der Waals surface area contributed by atoms with Crippen LogP contribution < -0.4 is 5.32 Å². The molecule has 26 heavy (non-hydrogen) atoms. The second-order valence-corrected chi connectivity index (χ2v) is 7.17. The fraction of sp³-hybridized carbons (Fsp3) is 0.667. The van der Waals surface area contributed by atoms with Crippen LogP contribution in [0.1, 0.15) is 62.3 Å². The van der Waals surface area contributed by atoms with Gasteiger partial charge in [0.05, 0.1) is 6.20 Å². The number of hydrogen-bond acceptors (Lipinski definition) is 6. The highest BCUT2D eigenvalue weighted by Crippen LogP contribution is 2.30. The summed E-state index contributed by atoms with van der Waals surface area (Å²) in [7, 11) is 0. The number of rotatable bonds is 7. The van der Waals surface area contributed by atoms with E-state index in [2.05, 4.69) is 20.6 Å². The number of carbonyl (C=O) groups excluding carboxylic acids is 1. The van der Waals surface area contributed by atoms with Crippen LogP contribution in [-0.2, 0) is 16.1 Å². The van der Waals surface area contributed by atoms with Crippen LogP contribution in [0.5, 0.6) is 0 Å². The summed E-state index contributed by atoms with van der Waals surface area (Å²) >= 11 is 0. The molecule has 0 unspecified atom stereocenters. The lowest BCUT2D eigenvalue weighted by molar-refractivity contribution is -0.123. The molecule has 1 atom stereocenters. The van der Waals surface area contributed by atoms with Gasteiger partial charge in [-0.3, -0.25) is 9.48 Å². The zero-order valence-corrected chi connectivity index (χ0v) is 15.6. The average molecular weight is 361 g/mol. The van der Waals surface area contributed by atoms with E-state index >= 15 is 0 Å². The first kappa shape index (κ1) is 18.6. The molecule has 1 amide bonds. The Bertz CT molecular complexity index is 718. The Hall–Kier alpha value is -2.22. The third kappa shape index (κ3) is 4.69. The van der Waals surface area contributed by atoms with Gasteiger partial charge in [-0.15, -0.1) is 0 Å². The van der Waals surface area contributed by atoms with Crippen LogP contribution in [0.15, 0.2) is 16.9 Å². The van der Waals surface area contributed by atoms with Gasteiger partial charge in [0.2, 0.25) is 11.8 Å². The number of nitrogens with zero attached hydrogens (tertiary/aromatic N) is 4. The van der Waals surface area contributed by atoms with Crippen molar-refractivity contribution in [3.8, 4) is 0 Å². The van der Waals surface area contributed by atoms with Crippen LogP contribution >= 0.6 is 0 Å². The van der Waals surface area contributed by atoms with Gasteiger partial charge in [0.1, 0.15) is 6.04 Å². The standard InChI is InChI=1S/C18H27N5O3/c1-12(2)17-21-18(26-22-17)16(14-5-8-25-9-6-14)20-15(24)4-7-23-11-13(3)10-19-23/h10-12,14,16H,4-9H2,1-3H3,(H,20,24)/t16-/m0/s1. The molecule has 8 heteroatoms. The van der Waals surface area contributed by atoms with E-state index in [4.69, 9.17) is 9.26 Å². The van der Waals surface area contributed by atoms with E-state index in [-0.39, 0.29) is 23.8 Å². The van der Waals surface area contributed by atoms with Gasteiger partial charge in [-0.25, -0.2) is 0 Å². The molecule has 8 nitrogen and oxygen atoms in total. The van der Waals surface area contributed by atoms with Crippen LogP contribution in [0.3, 0.4) is 0 Å². The van der Waals surface area contributed by atoms with Gasteiger partial charge in [0.25, 0.3) is 0 Å². The normalized spacial score (nSPS) is 16.8. The fourth-order valence-corrected chi connectivity index (χ4v) is 3.09. The molecule has 1 N–H and O–H groups in total. The van der Waals surface area contributed by atoms with Gasteiger partial charge in [-0.05, 0) is 31.2 Å². The summed E-state index contributed by atoms with van der Waals surface area (Å²) in [6.07, 6.45) is 5.79. The Labute approximate surface area is 153 Å². The van der Waals surface area contributed by atoms with Crippen molar-refractivity contribution in [2.24, 2.45) is 5.92 Å². The highest BCUT2D eigenvalue weighted by molar-refractivity contribution is 5.76. The zero-order chi connectivity index (χ0) is 18.5. The third-order valence-corrected chi connectivity index (χ3v) is 4.62. The van der Waals surface area contributed by atoms with Crippen LogP contribution in [0.4, 0.5) is 0 Å². The van der Waals surface area contributed by atoms with E-state index in [1.54, 1.807) is 10.9 Å². The molecule has 0 saturated carbocycles. The molecule has 0 aliphatic carbocycles. The van der Waals surface area contributed by atoms with Crippen molar-refractivity contribution < 1.29 is 14.1 Å². The summed E-state index contributed by atoms with van der Waals surface area (Å²) < 4.78 is 12.7. The highest BCUT2D eigenvalue weighted by Gasteiger charge is 2.31. The average Bonchev–Trinajstić information content (AvgIpc) is 3.28. The predicted octanol–water partition coefficient (Wildman–Crippen LogP) is 2.37. The van der Waals surface area contributed by atoms with E-state index in [9.17, 15) is 4.79 Å². The predicted molar refractivity (Wildman–Crippen MR) is 94.4 cm³/mol. The molecule has 142 valence electrons. The number of aryl methyl sites for hydroxylation is 2.